The average molecular weight is 317 g/mol. The van der Waals surface area contributed by atoms with Crippen LogP contribution in [0, 0.1) is 5.92 Å². The first-order chi connectivity index (χ1) is 10.3. The Kier molecular flexibility index (Phi) is 9.77. The smallest absolute Gasteiger partial charge is 0.322 e. The van der Waals surface area contributed by atoms with Gasteiger partial charge < -0.3 is 19.9 Å². The van der Waals surface area contributed by atoms with Crippen LogP contribution in [-0.2, 0) is 33.4 Å². The van der Waals surface area contributed by atoms with Gasteiger partial charge in [0.1, 0.15) is 11.8 Å². The highest BCUT2D eigenvalue weighted by Gasteiger charge is 2.24. The number of rotatable bonds is 10. The zero-order valence-electron chi connectivity index (χ0n) is 13.1. The van der Waals surface area contributed by atoms with E-state index >= 15 is 0 Å². The quantitative estimate of drug-likeness (QED) is 0.440. The molecule has 0 rings (SSSR count). The SMILES string of the molecule is COC(=O)CC[C@@H](CC(=O)CC[C@H](N)C(=O)OC)C(=O)OC. The van der Waals surface area contributed by atoms with E-state index in [0.717, 1.165) is 0 Å². The summed E-state index contributed by atoms with van der Waals surface area (Å²) in [6.07, 6.45) is 0.287. The molecule has 0 fully saturated rings. The van der Waals surface area contributed by atoms with Gasteiger partial charge in [0.15, 0.2) is 0 Å². The monoisotopic (exact) mass is 317 g/mol. The number of ketones is 1. The summed E-state index contributed by atoms with van der Waals surface area (Å²) in [7, 11) is 3.67. The maximum atomic E-state index is 11.9. The second-order valence-corrected chi connectivity index (χ2v) is 4.75. The molecule has 0 aliphatic rings. The van der Waals surface area contributed by atoms with Crippen molar-refractivity contribution >= 4 is 23.7 Å². The van der Waals surface area contributed by atoms with Gasteiger partial charge in [-0.1, -0.05) is 0 Å². The van der Waals surface area contributed by atoms with E-state index in [1.165, 1.54) is 21.3 Å². The molecule has 0 amide bonds. The molecule has 0 aliphatic carbocycles. The molecule has 0 saturated carbocycles. The molecule has 0 aromatic carbocycles. The third-order valence-corrected chi connectivity index (χ3v) is 3.17. The maximum absolute atomic E-state index is 11.9. The molecule has 0 unspecified atom stereocenters. The number of methoxy groups -OCH3 is 3. The number of hydrogen-bond acceptors (Lipinski definition) is 8. The molecular weight excluding hydrogens is 294 g/mol. The van der Waals surface area contributed by atoms with Gasteiger partial charge in [0.25, 0.3) is 0 Å². The first-order valence-corrected chi connectivity index (χ1v) is 6.85. The molecule has 22 heavy (non-hydrogen) atoms. The van der Waals surface area contributed by atoms with Gasteiger partial charge in [0, 0.05) is 19.3 Å². The van der Waals surface area contributed by atoms with Gasteiger partial charge in [-0.15, -0.1) is 0 Å². The standard InChI is InChI=1S/C14H23NO7/c1-20-12(17)7-4-9(13(18)21-2)8-10(16)5-6-11(15)14(19)22-3/h9,11H,4-8,15H2,1-3H3/t9-,11-/m0/s1. The molecule has 2 N–H and O–H groups in total. The third kappa shape index (κ3) is 7.72. The lowest BCUT2D eigenvalue weighted by Crippen LogP contribution is -2.32. The van der Waals surface area contributed by atoms with Crippen molar-refractivity contribution in [2.75, 3.05) is 21.3 Å². The van der Waals surface area contributed by atoms with Crippen LogP contribution in [-0.4, -0.2) is 51.1 Å². The Morgan fingerprint density at radius 1 is 0.864 bits per heavy atom. The van der Waals surface area contributed by atoms with E-state index in [1.54, 1.807) is 0 Å². The second-order valence-electron chi connectivity index (χ2n) is 4.75. The lowest BCUT2D eigenvalue weighted by atomic mass is 9.94. The fraction of sp³-hybridized carbons (Fsp3) is 0.714. The summed E-state index contributed by atoms with van der Waals surface area (Å²) in [5, 5.41) is 0. The van der Waals surface area contributed by atoms with Crippen LogP contribution >= 0.6 is 0 Å². The van der Waals surface area contributed by atoms with Gasteiger partial charge in [-0.25, -0.2) is 0 Å². The van der Waals surface area contributed by atoms with Crippen molar-refractivity contribution in [3.8, 4) is 0 Å². The first-order valence-electron chi connectivity index (χ1n) is 6.85. The minimum atomic E-state index is -0.874. The van der Waals surface area contributed by atoms with Crippen molar-refractivity contribution < 1.29 is 33.4 Å². The Bertz CT molecular complexity index is 408. The van der Waals surface area contributed by atoms with Crippen LogP contribution in [0.2, 0.25) is 0 Å². The molecule has 8 nitrogen and oxygen atoms in total. The normalized spacial score (nSPS) is 12.9. The number of carbonyl (C=O) groups excluding carboxylic acids is 4. The number of carbonyl (C=O) groups is 4. The van der Waals surface area contributed by atoms with Gasteiger partial charge in [0.2, 0.25) is 0 Å². The van der Waals surface area contributed by atoms with E-state index in [0.29, 0.717) is 0 Å². The predicted octanol–water partition coefficient (Wildman–Crippen LogP) is -0.0315. The second kappa shape index (κ2) is 10.7. The summed E-state index contributed by atoms with van der Waals surface area (Å²) < 4.78 is 13.6. The Balaban J connectivity index is 4.40. The number of hydrogen-bond donors (Lipinski definition) is 1. The highest BCUT2D eigenvalue weighted by Crippen LogP contribution is 2.16. The van der Waals surface area contributed by atoms with Gasteiger partial charge in [-0.3, -0.25) is 19.2 Å². The third-order valence-electron chi connectivity index (χ3n) is 3.17. The molecule has 0 aromatic rings. The Morgan fingerprint density at radius 2 is 1.45 bits per heavy atom. The number of ether oxygens (including phenoxy) is 3. The van der Waals surface area contributed by atoms with E-state index in [1.807, 2.05) is 0 Å². The molecule has 126 valence electrons. The predicted molar refractivity (Wildman–Crippen MR) is 75.6 cm³/mol. The number of esters is 3. The van der Waals surface area contributed by atoms with Crippen LogP contribution in [0.3, 0.4) is 0 Å². The minimum absolute atomic E-state index is 0.0191. The Morgan fingerprint density at radius 3 is 1.95 bits per heavy atom. The van der Waals surface area contributed by atoms with E-state index in [-0.39, 0.29) is 37.9 Å². The molecule has 0 saturated heterocycles. The van der Waals surface area contributed by atoms with Crippen LogP contribution in [0.15, 0.2) is 0 Å². The maximum Gasteiger partial charge on any atom is 0.322 e. The lowest BCUT2D eigenvalue weighted by molar-refractivity contribution is -0.149. The fourth-order valence-corrected chi connectivity index (χ4v) is 1.83. The molecule has 0 heterocycles. The summed E-state index contributed by atoms with van der Waals surface area (Å²) in [4.78, 5) is 45.7. The number of Topliss-reactive ketones (excluding diaryl/α,β-unsaturated/α-hetero) is 1. The van der Waals surface area contributed by atoms with Gasteiger partial charge in [-0.2, -0.15) is 0 Å². The summed E-state index contributed by atoms with van der Waals surface area (Å²) in [5.74, 6) is -2.57. The van der Waals surface area contributed by atoms with E-state index in [4.69, 9.17) is 5.73 Å². The van der Waals surface area contributed by atoms with Crippen molar-refractivity contribution in [3.05, 3.63) is 0 Å². The van der Waals surface area contributed by atoms with Crippen molar-refractivity contribution in [3.63, 3.8) is 0 Å². The van der Waals surface area contributed by atoms with Crippen LogP contribution in [0.5, 0.6) is 0 Å². The Hall–Kier alpha value is -1.96. The van der Waals surface area contributed by atoms with Crippen LogP contribution < -0.4 is 5.73 Å². The van der Waals surface area contributed by atoms with Crippen LogP contribution in [0.4, 0.5) is 0 Å². The lowest BCUT2D eigenvalue weighted by Gasteiger charge is -2.14. The topological polar surface area (TPSA) is 122 Å². The van der Waals surface area contributed by atoms with Gasteiger partial charge >= 0.3 is 17.9 Å². The Labute approximate surface area is 129 Å². The van der Waals surface area contributed by atoms with Crippen LogP contribution in [0.1, 0.15) is 32.1 Å². The minimum Gasteiger partial charge on any atom is -0.469 e. The molecule has 0 bridgehead atoms. The van der Waals surface area contributed by atoms with E-state index in [9.17, 15) is 19.2 Å². The van der Waals surface area contributed by atoms with E-state index < -0.39 is 29.9 Å². The summed E-state index contributed by atoms with van der Waals surface area (Å²) in [5.41, 5.74) is 5.53. The summed E-state index contributed by atoms with van der Waals surface area (Å²) in [6.45, 7) is 0. The molecule has 2 atom stereocenters. The molecule has 0 radical (unpaired) electrons. The highest BCUT2D eigenvalue weighted by atomic mass is 16.5. The van der Waals surface area contributed by atoms with Gasteiger partial charge in [-0.05, 0) is 12.8 Å². The first kappa shape index (κ1) is 20.0. The zero-order chi connectivity index (χ0) is 17.1. The van der Waals surface area contributed by atoms with Crippen molar-refractivity contribution in [1.82, 2.24) is 0 Å². The zero-order valence-corrected chi connectivity index (χ0v) is 13.1. The fourth-order valence-electron chi connectivity index (χ4n) is 1.83. The highest BCUT2D eigenvalue weighted by molar-refractivity contribution is 5.85. The van der Waals surface area contributed by atoms with Gasteiger partial charge in [0.05, 0.1) is 27.2 Å². The van der Waals surface area contributed by atoms with Crippen LogP contribution in [0.25, 0.3) is 0 Å². The van der Waals surface area contributed by atoms with Crippen molar-refractivity contribution in [1.29, 1.82) is 0 Å². The van der Waals surface area contributed by atoms with Crippen molar-refractivity contribution in [2.45, 2.75) is 38.1 Å². The molecule has 0 aliphatic heterocycles. The van der Waals surface area contributed by atoms with E-state index in [2.05, 4.69) is 14.2 Å². The summed E-state index contributed by atoms with van der Waals surface area (Å²) >= 11 is 0. The molecule has 8 heteroatoms. The molecule has 0 spiro atoms. The largest absolute Gasteiger partial charge is 0.469 e. The molecule has 0 aromatic heterocycles. The average Bonchev–Trinajstić information content (AvgIpc) is 2.54. The van der Waals surface area contributed by atoms with Crippen molar-refractivity contribution in [2.24, 2.45) is 11.7 Å². The molecular formula is C14H23NO7. The number of nitrogens with two attached hydrogens (primary N) is 1. The summed E-state index contributed by atoms with van der Waals surface area (Å²) in [6, 6.07) is -0.874.